The molecule has 1 rings (SSSR count). The number of nitrogens with one attached hydrogen (secondary N) is 1. The maximum Gasteiger partial charge on any atom is 0.126 e. The van der Waals surface area contributed by atoms with Crippen LogP contribution in [0.4, 0.5) is 0 Å². The second-order valence-electron chi connectivity index (χ2n) is 4.68. The fourth-order valence-corrected chi connectivity index (χ4v) is 1.65. The molecule has 0 bridgehead atoms. The van der Waals surface area contributed by atoms with Gasteiger partial charge in [0.25, 0.3) is 0 Å². The maximum atomic E-state index is 5.68. The van der Waals surface area contributed by atoms with E-state index in [1.54, 1.807) is 7.11 Å². The van der Waals surface area contributed by atoms with Crippen LogP contribution in [0.1, 0.15) is 25.8 Å². The van der Waals surface area contributed by atoms with Crippen molar-refractivity contribution in [2.45, 2.75) is 26.3 Å². The van der Waals surface area contributed by atoms with E-state index in [1.807, 2.05) is 18.2 Å². The highest BCUT2D eigenvalue weighted by atomic mass is 16.5. The van der Waals surface area contributed by atoms with Gasteiger partial charge in [0.1, 0.15) is 12.4 Å². The zero-order chi connectivity index (χ0) is 13.9. The molecule has 19 heavy (non-hydrogen) atoms. The third-order valence-corrected chi connectivity index (χ3v) is 2.63. The molecular formula is C16H25NO2. The first-order valence-electron chi connectivity index (χ1n) is 6.84. The molecule has 1 aromatic carbocycles. The zero-order valence-corrected chi connectivity index (χ0v) is 12.2. The van der Waals surface area contributed by atoms with Crippen LogP contribution in [0.5, 0.6) is 5.75 Å². The number of methoxy groups -OCH3 is 1. The van der Waals surface area contributed by atoms with Crippen LogP contribution in [-0.4, -0.2) is 32.9 Å². The number of rotatable bonds is 9. The molecule has 0 fully saturated rings. The molecule has 0 amide bonds. The van der Waals surface area contributed by atoms with Gasteiger partial charge in [0.2, 0.25) is 0 Å². The third-order valence-electron chi connectivity index (χ3n) is 2.63. The van der Waals surface area contributed by atoms with Gasteiger partial charge in [-0.25, -0.2) is 0 Å². The molecular weight excluding hydrogens is 238 g/mol. The lowest BCUT2D eigenvalue weighted by Gasteiger charge is -2.08. The zero-order valence-electron chi connectivity index (χ0n) is 12.2. The fourth-order valence-electron chi connectivity index (χ4n) is 1.65. The van der Waals surface area contributed by atoms with Gasteiger partial charge in [-0.2, -0.15) is 0 Å². The Kier molecular flexibility index (Phi) is 7.94. The molecule has 106 valence electrons. The second kappa shape index (κ2) is 9.59. The van der Waals surface area contributed by atoms with Gasteiger partial charge >= 0.3 is 0 Å². The van der Waals surface area contributed by atoms with E-state index in [9.17, 15) is 0 Å². The number of hydrogen-bond acceptors (Lipinski definition) is 3. The Bertz CT molecular complexity index is 375. The molecule has 3 nitrogen and oxygen atoms in total. The Labute approximate surface area is 116 Å². The molecule has 0 aliphatic heterocycles. The van der Waals surface area contributed by atoms with Gasteiger partial charge < -0.3 is 14.8 Å². The summed E-state index contributed by atoms with van der Waals surface area (Å²) in [6.45, 7) is 6.50. The second-order valence-corrected chi connectivity index (χ2v) is 4.68. The predicted molar refractivity (Wildman–Crippen MR) is 80.6 cm³/mol. The van der Waals surface area contributed by atoms with Crippen molar-refractivity contribution in [1.29, 1.82) is 0 Å². The van der Waals surface area contributed by atoms with Crippen molar-refractivity contribution in [3.8, 4) is 5.75 Å². The number of para-hydroxylation sites is 1. The minimum absolute atomic E-state index is 0.540. The molecule has 0 saturated carbocycles. The van der Waals surface area contributed by atoms with E-state index in [-0.39, 0.29) is 0 Å². The standard InChI is InChI=1S/C16H25NO2/c1-14(2)17-11-7-6-9-15-8-4-5-10-16(15)19-13-12-18-3/h4-6,8-10,14,17H,7,11-13H2,1-3H3/b9-6+. The molecule has 1 N–H and O–H groups in total. The van der Waals surface area contributed by atoms with Crippen LogP contribution < -0.4 is 10.1 Å². The summed E-state index contributed by atoms with van der Waals surface area (Å²) >= 11 is 0. The van der Waals surface area contributed by atoms with Gasteiger partial charge in [-0.1, -0.05) is 44.2 Å². The van der Waals surface area contributed by atoms with Crippen LogP contribution >= 0.6 is 0 Å². The average Bonchev–Trinajstić information content (AvgIpc) is 2.40. The topological polar surface area (TPSA) is 30.5 Å². The van der Waals surface area contributed by atoms with Crippen molar-refractivity contribution in [2.24, 2.45) is 0 Å². The smallest absolute Gasteiger partial charge is 0.126 e. The van der Waals surface area contributed by atoms with E-state index in [0.717, 1.165) is 24.3 Å². The van der Waals surface area contributed by atoms with E-state index in [2.05, 4.69) is 37.4 Å². The molecule has 0 radical (unpaired) electrons. The highest BCUT2D eigenvalue weighted by Crippen LogP contribution is 2.19. The van der Waals surface area contributed by atoms with Crippen molar-refractivity contribution in [3.63, 3.8) is 0 Å². The monoisotopic (exact) mass is 263 g/mol. The van der Waals surface area contributed by atoms with Crippen molar-refractivity contribution in [2.75, 3.05) is 26.9 Å². The van der Waals surface area contributed by atoms with Gasteiger partial charge in [0.05, 0.1) is 6.61 Å². The molecule has 0 heterocycles. The lowest BCUT2D eigenvalue weighted by molar-refractivity contribution is 0.146. The first-order chi connectivity index (χ1) is 9.24. The SMILES string of the molecule is COCCOc1ccccc1/C=C/CCNC(C)C. The van der Waals surface area contributed by atoms with Gasteiger partial charge in [-0.3, -0.25) is 0 Å². The van der Waals surface area contributed by atoms with Crippen molar-refractivity contribution in [1.82, 2.24) is 5.32 Å². The van der Waals surface area contributed by atoms with Gasteiger partial charge in [0, 0.05) is 18.7 Å². The van der Waals surface area contributed by atoms with E-state index < -0.39 is 0 Å². The van der Waals surface area contributed by atoms with Crippen LogP contribution in [-0.2, 0) is 4.74 Å². The van der Waals surface area contributed by atoms with Crippen LogP contribution in [0.25, 0.3) is 6.08 Å². The average molecular weight is 263 g/mol. The van der Waals surface area contributed by atoms with Gasteiger partial charge in [-0.15, -0.1) is 0 Å². The first-order valence-corrected chi connectivity index (χ1v) is 6.84. The molecule has 0 atom stereocenters. The summed E-state index contributed by atoms with van der Waals surface area (Å²) in [6.07, 6.45) is 5.31. The Morgan fingerprint density at radius 3 is 2.74 bits per heavy atom. The van der Waals surface area contributed by atoms with Crippen molar-refractivity contribution < 1.29 is 9.47 Å². The first kappa shape index (κ1) is 15.7. The van der Waals surface area contributed by atoms with Gasteiger partial charge in [0.15, 0.2) is 0 Å². The Hall–Kier alpha value is -1.32. The van der Waals surface area contributed by atoms with Crippen LogP contribution in [0, 0.1) is 0 Å². The van der Waals surface area contributed by atoms with Crippen LogP contribution in [0.15, 0.2) is 30.3 Å². The Balaban J connectivity index is 2.45. The fraction of sp³-hybridized carbons (Fsp3) is 0.500. The lowest BCUT2D eigenvalue weighted by atomic mass is 10.1. The summed E-state index contributed by atoms with van der Waals surface area (Å²) in [5.74, 6) is 0.910. The summed E-state index contributed by atoms with van der Waals surface area (Å²) in [5.41, 5.74) is 1.11. The molecule has 0 aromatic heterocycles. The Morgan fingerprint density at radius 1 is 1.21 bits per heavy atom. The highest BCUT2D eigenvalue weighted by Gasteiger charge is 1.99. The molecule has 0 unspecified atom stereocenters. The molecule has 0 aliphatic rings. The lowest BCUT2D eigenvalue weighted by Crippen LogP contribution is -2.23. The highest BCUT2D eigenvalue weighted by molar-refractivity contribution is 5.57. The maximum absolute atomic E-state index is 5.68. The summed E-state index contributed by atoms with van der Waals surface area (Å²) in [7, 11) is 1.68. The number of benzene rings is 1. The van der Waals surface area contributed by atoms with Crippen LogP contribution in [0.3, 0.4) is 0 Å². The van der Waals surface area contributed by atoms with Gasteiger partial charge in [-0.05, 0) is 19.0 Å². The summed E-state index contributed by atoms with van der Waals surface area (Å²) in [4.78, 5) is 0. The molecule has 1 aromatic rings. The van der Waals surface area contributed by atoms with E-state index in [1.165, 1.54) is 0 Å². The minimum Gasteiger partial charge on any atom is -0.491 e. The molecule has 0 spiro atoms. The molecule has 3 heteroatoms. The summed E-state index contributed by atoms with van der Waals surface area (Å²) in [6, 6.07) is 8.60. The van der Waals surface area contributed by atoms with Crippen molar-refractivity contribution >= 4 is 6.08 Å². The normalized spacial score (nSPS) is 11.4. The molecule has 0 aliphatic carbocycles. The van der Waals surface area contributed by atoms with E-state index >= 15 is 0 Å². The third kappa shape index (κ3) is 6.99. The number of hydrogen-bond donors (Lipinski definition) is 1. The summed E-state index contributed by atoms with van der Waals surface area (Å²) in [5, 5.41) is 3.39. The quantitative estimate of drug-likeness (QED) is 0.694. The van der Waals surface area contributed by atoms with Crippen LogP contribution in [0.2, 0.25) is 0 Å². The molecule has 0 saturated heterocycles. The minimum atomic E-state index is 0.540. The predicted octanol–water partition coefficient (Wildman–Crippen LogP) is 3.11. The van der Waals surface area contributed by atoms with Crippen molar-refractivity contribution in [3.05, 3.63) is 35.9 Å². The Morgan fingerprint density at radius 2 is 2.00 bits per heavy atom. The summed E-state index contributed by atoms with van der Waals surface area (Å²) < 4.78 is 10.7. The largest absolute Gasteiger partial charge is 0.491 e. The number of ether oxygens (including phenoxy) is 2. The van der Waals surface area contributed by atoms with E-state index in [0.29, 0.717) is 19.3 Å². The van der Waals surface area contributed by atoms with E-state index in [4.69, 9.17) is 9.47 Å².